The first-order valence-corrected chi connectivity index (χ1v) is 11.1. The number of carbonyl (C=O) groups excluding carboxylic acids is 1. The predicted molar refractivity (Wildman–Crippen MR) is 112 cm³/mol. The van der Waals surface area contributed by atoms with Crippen LogP contribution in [0.5, 0.6) is 5.75 Å². The van der Waals surface area contributed by atoms with Crippen LogP contribution in [0, 0.1) is 13.8 Å². The molecule has 28 heavy (non-hydrogen) atoms. The summed E-state index contributed by atoms with van der Waals surface area (Å²) < 4.78 is 7.99. The van der Waals surface area contributed by atoms with Gasteiger partial charge in [-0.3, -0.25) is 4.79 Å². The molecule has 1 amide bonds. The van der Waals surface area contributed by atoms with Gasteiger partial charge in [0.05, 0.1) is 5.75 Å². The number of hydrogen-bond donors (Lipinski definition) is 1. The standard InChI is InChI=1S/C21H30N4O2S/c1-4-25-19(13-27-18-12-8-9-15(2)16(18)3)23-24-21(25)28-14-20(26)22-17-10-6-5-7-11-17/h8-9,12,17H,4-7,10-11,13-14H2,1-3H3,(H,22,26). The molecular formula is C21H30N4O2S. The first kappa shape index (κ1) is 20.7. The molecule has 1 heterocycles. The van der Waals surface area contributed by atoms with Crippen molar-refractivity contribution in [3.63, 3.8) is 0 Å². The van der Waals surface area contributed by atoms with E-state index >= 15 is 0 Å². The molecule has 152 valence electrons. The van der Waals surface area contributed by atoms with Gasteiger partial charge in [0.15, 0.2) is 11.0 Å². The molecule has 0 spiro atoms. The Labute approximate surface area is 171 Å². The van der Waals surface area contributed by atoms with Crippen LogP contribution in [0.2, 0.25) is 0 Å². The molecule has 1 N–H and O–H groups in total. The second-order valence-electron chi connectivity index (χ2n) is 7.32. The summed E-state index contributed by atoms with van der Waals surface area (Å²) in [6, 6.07) is 6.38. The number of thioether (sulfide) groups is 1. The first-order chi connectivity index (χ1) is 13.6. The Hall–Kier alpha value is -2.02. The molecule has 0 atom stereocenters. The third-order valence-corrected chi connectivity index (χ3v) is 6.29. The lowest BCUT2D eigenvalue weighted by Gasteiger charge is -2.22. The van der Waals surface area contributed by atoms with Gasteiger partial charge in [0, 0.05) is 12.6 Å². The molecule has 0 aliphatic heterocycles. The fraction of sp³-hybridized carbons (Fsp3) is 0.571. The maximum Gasteiger partial charge on any atom is 0.230 e. The minimum atomic E-state index is 0.0794. The van der Waals surface area contributed by atoms with Gasteiger partial charge >= 0.3 is 0 Å². The number of ether oxygens (including phenoxy) is 1. The van der Waals surface area contributed by atoms with Crippen LogP contribution in [0.25, 0.3) is 0 Å². The number of rotatable bonds is 8. The molecule has 0 bridgehead atoms. The van der Waals surface area contributed by atoms with E-state index in [0.717, 1.165) is 41.7 Å². The molecule has 0 saturated heterocycles. The molecule has 7 heteroatoms. The lowest BCUT2D eigenvalue weighted by molar-refractivity contribution is -0.119. The van der Waals surface area contributed by atoms with E-state index in [4.69, 9.17) is 4.74 Å². The van der Waals surface area contributed by atoms with E-state index in [1.807, 2.05) is 16.7 Å². The van der Waals surface area contributed by atoms with Crippen LogP contribution >= 0.6 is 11.8 Å². The molecule has 1 aromatic heterocycles. The van der Waals surface area contributed by atoms with E-state index in [9.17, 15) is 4.79 Å². The van der Waals surface area contributed by atoms with Gasteiger partial charge in [-0.15, -0.1) is 10.2 Å². The molecule has 0 radical (unpaired) electrons. The van der Waals surface area contributed by atoms with E-state index in [0.29, 0.717) is 18.4 Å². The van der Waals surface area contributed by atoms with Crippen LogP contribution in [0.4, 0.5) is 0 Å². The zero-order valence-corrected chi connectivity index (χ0v) is 17.8. The van der Waals surface area contributed by atoms with Crippen LogP contribution in [-0.4, -0.2) is 32.5 Å². The summed E-state index contributed by atoms with van der Waals surface area (Å²) in [5, 5.41) is 12.5. The molecule has 3 rings (SSSR count). The molecule has 1 aliphatic carbocycles. The highest BCUT2D eigenvalue weighted by molar-refractivity contribution is 7.99. The predicted octanol–water partition coefficient (Wildman–Crippen LogP) is 4.03. The van der Waals surface area contributed by atoms with Gasteiger partial charge < -0.3 is 14.6 Å². The van der Waals surface area contributed by atoms with E-state index in [2.05, 4.69) is 42.4 Å². The zero-order valence-electron chi connectivity index (χ0n) is 17.0. The smallest absolute Gasteiger partial charge is 0.230 e. The normalized spacial score (nSPS) is 14.8. The van der Waals surface area contributed by atoms with Crippen molar-refractivity contribution < 1.29 is 9.53 Å². The molecule has 1 aliphatic rings. The molecule has 2 aromatic rings. The number of nitrogens with zero attached hydrogens (tertiary/aromatic N) is 3. The van der Waals surface area contributed by atoms with Gasteiger partial charge in [-0.2, -0.15) is 0 Å². The lowest BCUT2D eigenvalue weighted by Crippen LogP contribution is -2.37. The Morgan fingerprint density at radius 2 is 2.04 bits per heavy atom. The van der Waals surface area contributed by atoms with Crippen LogP contribution in [-0.2, 0) is 17.9 Å². The molecular weight excluding hydrogens is 372 g/mol. The number of hydrogen-bond acceptors (Lipinski definition) is 5. The first-order valence-electron chi connectivity index (χ1n) is 10.1. The van der Waals surface area contributed by atoms with Crippen LogP contribution in [0.15, 0.2) is 23.4 Å². The number of aromatic nitrogens is 3. The summed E-state index contributed by atoms with van der Waals surface area (Å²) >= 11 is 1.44. The molecule has 0 unspecified atom stereocenters. The summed E-state index contributed by atoms with van der Waals surface area (Å²) in [7, 11) is 0. The number of nitrogens with one attached hydrogen (secondary N) is 1. The van der Waals surface area contributed by atoms with E-state index < -0.39 is 0 Å². The fourth-order valence-corrected chi connectivity index (χ4v) is 4.35. The Balaban J connectivity index is 1.55. The summed E-state index contributed by atoms with van der Waals surface area (Å²) in [6.45, 7) is 7.28. The van der Waals surface area contributed by atoms with Crippen LogP contribution in [0.3, 0.4) is 0 Å². The minimum Gasteiger partial charge on any atom is -0.485 e. The number of amides is 1. The molecule has 1 fully saturated rings. The second kappa shape index (κ2) is 9.96. The third-order valence-electron chi connectivity index (χ3n) is 5.32. The lowest BCUT2D eigenvalue weighted by atomic mass is 9.95. The maximum atomic E-state index is 12.3. The Bertz CT molecular complexity index is 800. The third kappa shape index (κ3) is 5.28. The maximum absolute atomic E-state index is 12.3. The molecule has 1 aromatic carbocycles. The van der Waals surface area contributed by atoms with Gasteiger partial charge in [0.1, 0.15) is 12.4 Å². The van der Waals surface area contributed by atoms with Crippen molar-refractivity contribution in [2.45, 2.75) is 77.2 Å². The van der Waals surface area contributed by atoms with Gasteiger partial charge in [-0.1, -0.05) is 43.2 Å². The van der Waals surface area contributed by atoms with Crippen molar-refractivity contribution in [3.8, 4) is 5.75 Å². The highest BCUT2D eigenvalue weighted by Gasteiger charge is 2.18. The molecule has 1 saturated carbocycles. The van der Waals surface area contributed by atoms with Crippen molar-refractivity contribution in [2.75, 3.05) is 5.75 Å². The van der Waals surface area contributed by atoms with E-state index in [-0.39, 0.29) is 5.91 Å². The SMILES string of the molecule is CCn1c(COc2cccc(C)c2C)nnc1SCC(=O)NC1CCCCC1. The monoisotopic (exact) mass is 402 g/mol. The van der Waals surface area contributed by atoms with Crippen LogP contribution < -0.4 is 10.1 Å². The molecule has 6 nitrogen and oxygen atoms in total. The largest absolute Gasteiger partial charge is 0.485 e. The fourth-order valence-electron chi connectivity index (χ4n) is 3.52. The Kier molecular flexibility index (Phi) is 7.36. The van der Waals surface area contributed by atoms with Gasteiger partial charge in [0.2, 0.25) is 5.91 Å². The van der Waals surface area contributed by atoms with Crippen molar-refractivity contribution in [2.24, 2.45) is 0 Å². The average molecular weight is 403 g/mol. The van der Waals surface area contributed by atoms with Crippen molar-refractivity contribution >= 4 is 17.7 Å². The number of benzene rings is 1. The van der Waals surface area contributed by atoms with Gasteiger partial charge in [-0.25, -0.2) is 0 Å². The van der Waals surface area contributed by atoms with Gasteiger partial charge in [0.25, 0.3) is 0 Å². The number of carbonyl (C=O) groups is 1. The summed E-state index contributed by atoms with van der Waals surface area (Å²) in [4.78, 5) is 12.3. The minimum absolute atomic E-state index is 0.0794. The van der Waals surface area contributed by atoms with E-state index in [1.165, 1.54) is 36.6 Å². The topological polar surface area (TPSA) is 69.0 Å². The highest BCUT2D eigenvalue weighted by Crippen LogP contribution is 2.23. The Morgan fingerprint density at radius 3 is 2.79 bits per heavy atom. The van der Waals surface area contributed by atoms with Crippen LogP contribution in [0.1, 0.15) is 56.0 Å². The van der Waals surface area contributed by atoms with Crippen molar-refractivity contribution in [1.29, 1.82) is 0 Å². The summed E-state index contributed by atoms with van der Waals surface area (Å²) in [6.07, 6.45) is 5.91. The summed E-state index contributed by atoms with van der Waals surface area (Å²) in [5.41, 5.74) is 2.34. The quantitative estimate of drug-likeness (QED) is 0.675. The zero-order chi connectivity index (χ0) is 19.9. The van der Waals surface area contributed by atoms with Crippen molar-refractivity contribution in [3.05, 3.63) is 35.2 Å². The highest BCUT2D eigenvalue weighted by atomic mass is 32.2. The second-order valence-corrected chi connectivity index (χ2v) is 8.26. The average Bonchev–Trinajstić information content (AvgIpc) is 3.10. The Morgan fingerprint density at radius 1 is 1.25 bits per heavy atom. The van der Waals surface area contributed by atoms with Crippen molar-refractivity contribution in [1.82, 2.24) is 20.1 Å². The number of aryl methyl sites for hydroxylation is 1. The summed E-state index contributed by atoms with van der Waals surface area (Å²) in [5.74, 6) is 2.09. The van der Waals surface area contributed by atoms with E-state index in [1.54, 1.807) is 0 Å². The van der Waals surface area contributed by atoms with Gasteiger partial charge in [-0.05, 0) is 50.8 Å².